The van der Waals surface area contributed by atoms with E-state index < -0.39 is 0 Å². The number of carbonyl (C=O) groups is 2. The Bertz CT molecular complexity index is 616. The lowest BCUT2D eigenvalue weighted by atomic mass is 10.2. The lowest BCUT2D eigenvalue weighted by molar-refractivity contribution is -0.121. The molecule has 0 saturated carbocycles. The summed E-state index contributed by atoms with van der Waals surface area (Å²) in [6, 6.07) is 9.42. The number of pyridine rings is 1. The van der Waals surface area contributed by atoms with Crippen LogP contribution in [0.1, 0.15) is 6.42 Å². The zero-order valence-corrected chi connectivity index (χ0v) is 9.09. The number of rotatable bonds is 1. The zero-order valence-electron chi connectivity index (χ0n) is 9.09. The van der Waals surface area contributed by atoms with Gasteiger partial charge in [0.25, 0.3) is 0 Å². The second kappa shape index (κ2) is 3.66. The molecule has 0 radical (unpaired) electrons. The van der Waals surface area contributed by atoms with E-state index in [2.05, 4.69) is 4.98 Å². The predicted octanol–water partition coefficient (Wildman–Crippen LogP) is 1.54. The third-order valence-corrected chi connectivity index (χ3v) is 2.89. The summed E-state index contributed by atoms with van der Waals surface area (Å²) in [6.45, 7) is 0.161. The number of para-hydroxylation sites is 1. The van der Waals surface area contributed by atoms with Crippen LogP contribution in [0.2, 0.25) is 0 Å². The van der Waals surface area contributed by atoms with E-state index in [1.165, 1.54) is 4.90 Å². The Morgan fingerprint density at radius 2 is 1.94 bits per heavy atom. The van der Waals surface area contributed by atoms with Crippen molar-refractivity contribution in [1.29, 1.82) is 0 Å². The monoisotopic (exact) mass is 226 g/mol. The first-order valence-corrected chi connectivity index (χ1v) is 5.41. The van der Waals surface area contributed by atoms with Crippen LogP contribution in [0.4, 0.5) is 5.69 Å². The number of nitrogens with zero attached hydrogens (tertiary/aromatic N) is 2. The van der Waals surface area contributed by atoms with Crippen LogP contribution in [0.15, 0.2) is 36.5 Å². The maximum atomic E-state index is 11.7. The first kappa shape index (κ1) is 9.96. The number of hydrogen-bond donors (Lipinski definition) is 0. The number of carbonyl (C=O) groups excluding carboxylic acids is 2. The van der Waals surface area contributed by atoms with E-state index in [9.17, 15) is 9.59 Å². The molecular formula is C13H10N2O2. The van der Waals surface area contributed by atoms with Gasteiger partial charge in [0.2, 0.25) is 5.91 Å². The Morgan fingerprint density at radius 3 is 2.71 bits per heavy atom. The smallest absolute Gasteiger partial charge is 0.234 e. The van der Waals surface area contributed by atoms with Crippen molar-refractivity contribution >= 4 is 28.3 Å². The maximum Gasteiger partial charge on any atom is 0.234 e. The summed E-state index contributed by atoms with van der Waals surface area (Å²) in [5.41, 5.74) is 1.48. The second-order valence-electron chi connectivity index (χ2n) is 4.05. The molecule has 1 saturated heterocycles. The normalized spacial score (nSPS) is 15.9. The Morgan fingerprint density at radius 1 is 1.12 bits per heavy atom. The predicted molar refractivity (Wildman–Crippen MR) is 63.7 cm³/mol. The molecule has 0 bridgehead atoms. The highest BCUT2D eigenvalue weighted by atomic mass is 16.2. The molecule has 2 aromatic rings. The SMILES string of the molecule is O=C1CC(=O)N(c2cccc3cccnc23)C1. The minimum absolute atomic E-state index is 0.00320. The van der Waals surface area contributed by atoms with E-state index in [1.54, 1.807) is 6.20 Å². The molecule has 84 valence electrons. The minimum Gasteiger partial charge on any atom is -0.302 e. The molecule has 0 N–H and O–H groups in total. The molecule has 0 spiro atoms. The molecule has 0 atom stereocenters. The minimum atomic E-state index is -0.145. The fraction of sp³-hybridized carbons (Fsp3) is 0.154. The first-order valence-electron chi connectivity index (χ1n) is 5.41. The van der Waals surface area contributed by atoms with E-state index in [4.69, 9.17) is 0 Å². The Balaban J connectivity index is 2.17. The molecule has 4 heteroatoms. The Hall–Kier alpha value is -2.23. The number of amides is 1. The molecule has 1 aliphatic rings. The summed E-state index contributed by atoms with van der Waals surface area (Å²) >= 11 is 0. The van der Waals surface area contributed by atoms with Crippen LogP contribution in [0.25, 0.3) is 10.9 Å². The van der Waals surface area contributed by atoms with E-state index in [0.29, 0.717) is 0 Å². The summed E-state index contributed by atoms with van der Waals surface area (Å²) in [5.74, 6) is -0.184. The molecule has 1 amide bonds. The standard InChI is InChI=1S/C13H10N2O2/c16-10-7-12(17)15(8-10)11-5-1-3-9-4-2-6-14-13(9)11/h1-6H,7-8H2. The molecule has 1 fully saturated rings. The van der Waals surface area contributed by atoms with Crippen molar-refractivity contribution in [3.8, 4) is 0 Å². The van der Waals surface area contributed by atoms with Crippen molar-refractivity contribution in [1.82, 2.24) is 4.98 Å². The molecule has 3 rings (SSSR count). The molecule has 0 unspecified atom stereocenters. The molecule has 1 aromatic heterocycles. The second-order valence-corrected chi connectivity index (χ2v) is 4.05. The average Bonchev–Trinajstić information content (AvgIpc) is 2.68. The summed E-state index contributed by atoms with van der Waals surface area (Å²) in [4.78, 5) is 28.8. The van der Waals surface area contributed by atoms with Crippen molar-refractivity contribution in [2.24, 2.45) is 0 Å². The van der Waals surface area contributed by atoms with E-state index in [1.807, 2.05) is 30.3 Å². The summed E-state index contributed by atoms with van der Waals surface area (Å²) in [5, 5.41) is 0.970. The molecule has 1 aliphatic heterocycles. The average molecular weight is 226 g/mol. The van der Waals surface area contributed by atoms with Crippen molar-refractivity contribution < 1.29 is 9.59 Å². The summed E-state index contributed by atoms with van der Waals surface area (Å²) in [7, 11) is 0. The van der Waals surface area contributed by atoms with Gasteiger partial charge in [-0.15, -0.1) is 0 Å². The lowest BCUT2D eigenvalue weighted by Crippen LogP contribution is -2.24. The van der Waals surface area contributed by atoms with Gasteiger partial charge < -0.3 is 4.90 Å². The van der Waals surface area contributed by atoms with Crippen LogP contribution in [0.5, 0.6) is 0 Å². The number of benzene rings is 1. The van der Waals surface area contributed by atoms with E-state index in [0.717, 1.165) is 16.6 Å². The highest BCUT2D eigenvalue weighted by Gasteiger charge is 2.29. The summed E-state index contributed by atoms with van der Waals surface area (Å²) in [6.07, 6.45) is 1.69. The van der Waals surface area contributed by atoms with Crippen LogP contribution in [-0.2, 0) is 9.59 Å². The van der Waals surface area contributed by atoms with Gasteiger partial charge in [-0.3, -0.25) is 14.6 Å². The number of fused-ring (bicyclic) bond motifs is 1. The number of anilines is 1. The zero-order chi connectivity index (χ0) is 11.8. The van der Waals surface area contributed by atoms with Gasteiger partial charge in [0.15, 0.2) is 5.78 Å². The van der Waals surface area contributed by atoms with Crippen molar-refractivity contribution in [3.05, 3.63) is 36.5 Å². The van der Waals surface area contributed by atoms with Crippen molar-refractivity contribution in [2.75, 3.05) is 11.4 Å². The van der Waals surface area contributed by atoms with Gasteiger partial charge in [-0.2, -0.15) is 0 Å². The third-order valence-electron chi connectivity index (χ3n) is 2.89. The van der Waals surface area contributed by atoms with Gasteiger partial charge in [-0.05, 0) is 12.1 Å². The number of Topliss-reactive ketones (excluding diaryl/α,β-unsaturated/α-hetero) is 1. The third kappa shape index (κ3) is 1.58. The van der Waals surface area contributed by atoms with Crippen LogP contribution in [-0.4, -0.2) is 23.2 Å². The van der Waals surface area contributed by atoms with Gasteiger partial charge in [0.1, 0.15) is 0 Å². The van der Waals surface area contributed by atoms with Crippen LogP contribution in [0, 0.1) is 0 Å². The highest BCUT2D eigenvalue weighted by molar-refractivity contribution is 6.17. The summed E-state index contributed by atoms with van der Waals surface area (Å²) < 4.78 is 0. The van der Waals surface area contributed by atoms with Crippen molar-refractivity contribution in [2.45, 2.75) is 6.42 Å². The van der Waals surface area contributed by atoms with Crippen LogP contribution >= 0.6 is 0 Å². The van der Waals surface area contributed by atoms with Gasteiger partial charge >= 0.3 is 0 Å². The molecule has 2 heterocycles. The van der Waals surface area contributed by atoms with E-state index in [-0.39, 0.29) is 24.7 Å². The van der Waals surface area contributed by atoms with Crippen LogP contribution in [0.3, 0.4) is 0 Å². The largest absolute Gasteiger partial charge is 0.302 e. The highest BCUT2D eigenvalue weighted by Crippen LogP contribution is 2.27. The molecule has 0 aliphatic carbocycles. The van der Waals surface area contributed by atoms with Gasteiger partial charge in [0, 0.05) is 11.6 Å². The number of ketones is 1. The Labute approximate surface area is 97.9 Å². The first-order chi connectivity index (χ1) is 8.25. The fourth-order valence-corrected chi connectivity index (χ4v) is 2.11. The molecule has 4 nitrogen and oxygen atoms in total. The molecule has 17 heavy (non-hydrogen) atoms. The topological polar surface area (TPSA) is 50.3 Å². The fourth-order valence-electron chi connectivity index (χ4n) is 2.11. The van der Waals surface area contributed by atoms with Crippen LogP contribution < -0.4 is 4.90 Å². The van der Waals surface area contributed by atoms with Crippen molar-refractivity contribution in [3.63, 3.8) is 0 Å². The lowest BCUT2D eigenvalue weighted by Gasteiger charge is -2.16. The number of hydrogen-bond acceptors (Lipinski definition) is 3. The Kier molecular flexibility index (Phi) is 2.14. The molecule has 1 aromatic carbocycles. The van der Waals surface area contributed by atoms with Gasteiger partial charge in [0.05, 0.1) is 24.2 Å². The quantitative estimate of drug-likeness (QED) is 0.693. The van der Waals surface area contributed by atoms with Gasteiger partial charge in [-0.1, -0.05) is 18.2 Å². The maximum absolute atomic E-state index is 11.7. The number of aromatic nitrogens is 1. The van der Waals surface area contributed by atoms with Gasteiger partial charge in [-0.25, -0.2) is 0 Å². The molecular weight excluding hydrogens is 216 g/mol. The van der Waals surface area contributed by atoms with E-state index >= 15 is 0 Å².